The number of nitrogens with one attached hydrogen (secondary N) is 1. The summed E-state index contributed by atoms with van der Waals surface area (Å²) in [5.41, 5.74) is 6.52. The first kappa shape index (κ1) is 14.2. The third-order valence-corrected chi connectivity index (χ3v) is 3.74. The van der Waals surface area contributed by atoms with Gasteiger partial charge in [-0.1, -0.05) is 18.0 Å². The van der Waals surface area contributed by atoms with Crippen LogP contribution in [0.25, 0.3) is 0 Å². The van der Waals surface area contributed by atoms with Gasteiger partial charge in [-0.3, -0.25) is 4.79 Å². The first-order chi connectivity index (χ1) is 9.10. The molecule has 0 spiro atoms. The third-order valence-electron chi connectivity index (χ3n) is 3.50. The Labute approximate surface area is 118 Å². The number of methoxy groups -OCH3 is 1. The van der Waals surface area contributed by atoms with Gasteiger partial charge >= 0.3 is 0 Å². The Morgan fingerprint density at radius 2 is 2.26 bits per heavy atom. The number of hydrogen-bond acceptors (Lipinski definition) is 3. The van der Waals surface area contributed by atoms with Crippen molar-refractivity contribution in [1.82, 2.24) is 0 Å². The number of carbonyl (C=O) groups is 1. The molecule has 2 rings (SSSR count). The molecule has 2 unspecified atom stereocenters. The fraction of sp³-hybridized carbons (Fsp3) is 0.500. The van der Waals surface area contributed by atoms with Crippen LogP contribution in [0, 0.1) is 5.92 Å². The van der Waals surface area contributed by atoms with Gasteiger partial charge in [-0.15, -0.1) is 0 Å². The summed E-state index contributed by atoms with van der Waals surface area (Å²) in [6, 6.07) is 5.30. The molecule has 0 aromatic heterocycles. The topological polar surface area (TPSA) is 64.3 Å². The van der Waals surface area contributed by atoms with Crippen LogP contribution in [0.4, 0.5) is 5.69 Å². The van der Waals surface area contributed by atoms with Gasteiger partial charge < -0.3 is 15.8 Å². The molecule has 19 heavy (non-hydrogen) atoms. The van der Waals surface area contributed by atoms with Crippen molar-refractivity contribution in [2.75, 3.05) is 12.4 Å². The SMILES string of the molecule is COc1ccc(Cl)cc1NC(=O)C1CCCC(N)C1. The van der Waals surface area contributed by atoms with Crippen LogP contribution in [0.15, 0.2) is 18.2 Å². The van der Waals surface area contributed by atoms with Crippen LogP contribution in [-0.4, -0.2) is 19.1 Å². The predicted octanol–water partition coefficient (Wildman–Crippen LogP) is 2.80. The summed E-state index contributed by atoms with van der Waals surface area (Å²) in [6.07, 6.45) is 3.65. The maximum Gasteiger partial charge on any atom is 0.227 e. The van der Waals surface area contributed by atoms with E-state index in [0.717, 1.165) is 25.7 Å². The largest absolute Gasteiger partial charge is 0.495 e. The molecule has 0 bridgehead atoms. The van der Waals surface area contributed by atoms with E-state index in [2.05, 4.69) is 5.32 Å². The molecule has 5 heteroatoms. The van der Waals surface area contributed by atoms with Gasteiger partial charge in [0.1, 0.15) is 5.75 Å². The number of benzene rings is 1. The van der Waals surface area contributed by atoms with Gasteiger partial charge in [-0.05, 0) is 37.5 Å². The van der Waals surface area contributed by atoms with Gasteiger partial charge in [0.15, 0.2) is 0 Å². The first-order valence-electron chi connectivity index (χ1n) is 6.50. The molecule has 4 nitrogen and oxygen atoms in total. The Bertz CT molecular complexity index is 465. The van der Waals surface area contributed by atoms with Crippen molar-refractivity contribution in [2.45, 2.75) is 31.7 Å². The Kier molecular flexibility index (Phi) is 4.66. The van der Waals surface area contributed by atoms with Crippen molar-refractivity contribution in [2.24, 2.45) is 11.7 Å². The number of hydrogen-bond donors (Lipinski definition) is 2. The summed E-state index contributed by atoms with van der Waals surface area (Å²) >= 11 is 5.94. The molecule has 1 saturated carbocycles. The van der Waals surface area contributed by atoms with Gasteiger partial charge in [0.25, 0.3) is 0 Å². The van der Waals surface area contributed by atoms with E-state index in [4.69, 9.17) is 22.1 Å². The van der Waals surface area contributed by atoms with E-state index < -0.39 is 0 Å². The monoisotopic (exact) mass is 282 g/mol. The van der Waals surface area contributed by atoms with Crippen molar-refractivity contribution >= 4 is 23.2 Å². The van der Waals surface area contributed by atoms with Crippen LogP contribution in [0.2, 0.25) is 5.02 Å². The number of nitrogens with two attached hydrogens (primary N) is 1. The fourth-order valence-electron chi connectivity index (χ4n) is 2.48. The highest BCUT2D eigenvalue weighted by Crippen LogP contribution is 2.30. The Morgan fingerprint density at radius 1 is 1.47 bits per heavy atom. The Morgan fingerprint density at radius 3 is 2.95 bits per heavy atom. The summed E-state index contributed by atoms with van der Waals surface area (Å²) in [7, 11) is 1.56. The molecule has 1 aliphatic rings. The van der Waals surface area contributed by atoms with Crippen molar-refractivity contribution < 1.29 is 9.53 Å². The van der Waals surface area contributed by atoms with Gasteiger partial charge in [0, 0.05) is 17.0 Å². The minimum absolute atomic E-state index is 0.00397. The molecule has 104 valence electrons. The van der Waals surface area contributed by atoms with Crippen LogP contribution < -0.4 is 15.8 Å². The normalized spacial score (nSPS) is 22.9. The van der Waals surface area contributed by atoms with Gasteiger partial charge in [0.2, 0.25) is 5.91 Å². The van der Waals surface area contributed by atoms with E-state index in [0.29, 0.717) is 16.5 Å². The highest BCUT2D eigenvalue weighted by atomic mass is 35.5. The third kappa shape index (κ3) is 3.61. The molecule has 1 amide bonds. The zero-order valence-corrected chi connectivity index (χ0v) is 11.7. The second kappa shape index (κ2) is 6.26. The quantitative estimate of drug-likeness (QED) is 0.896. The lowest BCUT2D eigenvalue weighted by Gasteiger charge is -2.25. The van der Waals surface area contributed by atoms with Crippen LogP contribution >= 0.6 is 11.6 Å². The zero-order valence-electron chi connectivity index (χ0n) is 11.0. The molecule has 0 saturated heterocycles. The highest BCUT2D eigenvalue weighted by Gasteiger charge is 2.25. The average molecular weight is 283 g/mol. The van der Waals surface area contributed by atoms with E-state index in [1.165, 1.54) is 0 Å². The summed E-state index contributed by atoms with van der Waals surface area (Å²) < 4.78 is 5.21. The second-order valence-corrected chi connectivity index (χ2v) is 5.39. The number of halogens is 1. The van der Waals surface area contributed by atoms with E-state index in [-0.39, 0.29) is 17.9 Å². The molecular formula is C14H19ClN2O2. The molecule has 0 radical (unpaired) electrons. The first-order valence-corrected chi connectivity index (χ1v) is 6.88. The number of rotatable bonds is 3. The summed E-state index contributed by atoms with van der Waals surface area (Å²) in [4.78, 5) is 12.2. The van der Waals surface area contributed by atoms with Crippen molar-refractivity contribution in [3.05, 3.63) is 23.2 Å². The maximum absolute atomic E-state index is 12.2. The molecule has 1 aromatic rings. The average Bonchev–Trinajstić information content (AvgIpc) is 2.39. The minimum Gasteiger partial charge on any atom is -0.495 e. The van der Waals surface area contributed by atoms with E-state index >= 15 is 0 Å². The van der Waals surface area contributed by atoms with Gasteiger partial charge in [-0.2, -0.15) is 0 Å². The molecule has 0 heterocycles. The highest BCUT2D eigenvalue weighted by molar-refractivity contribution is 6.31. The smallest absolute Gasteiger partial charge is 0.227 e. The Balaban J connectivity index is 2.07. The second-order valence-electron chi connectivity index (χ2n) is 4.96. The number of ether oxygens (including phenoxy) is 1. The van der Waals surface area contributed by atoms with E-state index in [1.807, 2.05) is 0 Å². The molecule has 1 aromatic carbocycles. The molecule has 0 aliphatic heterocycles. The van der Waals surface area contributed by atoms with Crippen molar-refractivity contribution in [3.63, 3.8) is 0 Å². The van der Waals surface area contributed by atoms with Crippen molar-refractivity contribution in [1.29, 1.82) is 0 Å². The Hall–Kier alpha value is -1.26. The molecule has 3 N–H and O–H groups in total. The van der Waals surface area contributed by atoms with Crippen molar-refractivity contribution in [3.8, 4) is 5.75 Å². The lowest BCUT2D eigenvalue weighted by atomic mass is 9.85. The summed E-state index contributed by atoms with van der Waals surface area (Å²) in [5.74, 6) is 0.584. The summed E-state index contributed by atoms with van der Waals surface area (Å²) in [6.45, 7) is 0. The molecule has 1 fully saturated rings. The zero-order chi connectivity index (χ0) is 13.8. The van der Waals surface area contributed by atoms with E-state index in [9.17, 15) is 4.79 Å². The van der Waals surface area contributed by atoms with Crippen LogP contribution in [0.5, 0.6) is 5.75 Å². The maximum atomic E-state index is 12.2. The molecular weight excluding hydrogens is 264 g/mol. The van der Waals surface area contributed by atoms with Crippen LogP contribution in [0.3, 0.4) is 0 Å². The summed E-state index contributed by atoms with van der Waals surface area (Å²) in [5, 5.41) is 3.45. The lowest BCUT2D eigenvalue weighted by Crippen LogP contribution is -2.34. The van der Waals surface area contributed by atoms with Gasteiger partial charge in [-0.25, -0.2) is 0 Å². The number of amides is 1. The standard InChI is InChI=1S/C14H19ClN2O2/c1-19-13-6-5-10(15)8-12(13)17-14(18)9-3-2-4-11(16)7-9/h5-6,8-9,11H,2-4,7,16H2,1H3,(H,17,18). The minimum atomic E-state index is -0.0209. The predicted molar refractivity (Wildman–Crippen MR) is 76.6 cm³/mol. The van der Waals surface area contributed by atoms with Gasteiger partial charge in [0.05, 0.1) is 12.8 Å². The van der Waals surface area contributed by atoms with Crippen LogP contribution in [0.1, 0.15) is 25.7 Å². The molecule has 2 atom stereocenters. The van der Waals surface area contributed by atoms with Crippen LogP contribution in [-0.2, 0) is 4.79 Å². The van der Waals surface area contributed by atoms with E-state index in [1.54, 1.807) is 25.3 Å². The molecule has 1 aliphatic carbocycles. The fourth-order valence-corrected chi connectivity index (χ4v) is 2.65. The number of anilines is 1. The number of carbonyl (C=O) groups excluding carboxylic acids is 1. The lowest BCUT2D eigenvalue weighted by molar-refractivity contribution is -0.120.